The number of non-ortho nitro benzene ring substituents is 2. The number of benzene rings is 2. The number of ether oxygens (including phenoxy) is 1. The Bertz CT molecular complexity index is 878. The van der Waals surface area contributed by atoms with E-state index in [9.17, 15) is 25.0 Å². The predicted octanol–water partition coefficient (Wildman–Crippen LogP) is 2.23. The third kappa shape index (κ3) is 4.53. The summed E-state index contributed by atoms with van der Waals surface area (Å²) in [6.07, 6.45) is 0. The molecular formula is C18H18N4O6. The predicted molar refractivity (Wildman–Crippen MR) is 100 cm³/mol. The Balaban J connectivity index is 1.50. The van der Waals surface area contributed by atoms with E-state index in [4.69, 9.17) is 4.74 Å². The lowest BCUT2D eigenvalue weighted by atomic mass is 10.2. The fourth-order valence-electron chi connectivity index (χ4n) is 2.92. The van der Waals surface area contributed by atoms with E-state index in [0.29, 0.717) is 26.2 Å². The number of nitrogens with zero attached hydrogens (tertiary/aromatic N) is 4. The standard InChI is InChI=1S/C18H18N4O6/c23-18(13-28-17-3-1-2-16(12-17)22(26)27)20-10-8-19(9-11-20)14-4-6-15(7-5-14)21(24)25/h1-7,12H,8-11,13H2. The van der Waals surface area contributed by atoms with Crippen LogP contribution in [0.5, 0.6) is 5.75 Å². The summed E-state index contributed by atoms with van der Waals surface area (Å²) >= 11 is 0. The van der Waals surface area contributed by atoms with Crippen LogP contribution in [0.4, 0.5) is 17.1 Å². The van der Waals surface area contributed by atoms with Gasteiger partial charge in [0.2, 0.25) is 0 Å². The zero-order valence-corrected chi connectivity index (χ0v) is 14.9. The van der Waals surface area contributed by atoms with E-state index in [2.05, 4.69) is 4.90 Å². The Morgan fingerprint density at radius 3 is 2.18 bits per heavy atom. The fraction of sp³-hybridized carbons (Fsp3) is 0.278. The molecule has 1 amide bonds. The summed E-state index contributed by atoms with van der Waals surface area (Å²) in [6.45, 7) is 1.99. The van der Waals surface area contributed by atoms with E-state index >= 15 is 0 Å². The summed E-state index contributed by atoms with van der Waals surface area (Å²) in [5.74, 6) is 0.0712. The second-order valence-electron chi connectivity index (χ2n) is 6.18. The minimum atomic E-state index is -0.522. The van der Waals surface area contributed by atoms with Gasteiger partial charge in [-0.05, 0) is 18.2 Å². The molecule has 2 aromatic carbocycles. The lowest BCUT2D eigenvalue weighted by Crippen LogP contribution is -2.50. The summed E-state index contributed by atoms with van der Waals surface area (Å²) in [6, 6.07) is 12.0. The Hall–Kier alpha value is -3.69. The molecule has 2 aromatic rings. The summed E-state index contributed by atoms with van der Waals surface area (Å²) < 4.78 is 5.39. The van der Waals surface area contributed by atoms with Gasteiger partial charge in [-0.25, -0.2) is 0 Å². The molecule has 1 aliphatic rings. The minimum absolute atomic E-state index is 0.0378. The molecule has 0 aromatic heterocycles. The highest BCUT2D eigenvalue weighted by Crippen LogP contribution is 2.21. The van der Waals surface area contributed by atoms with Crippen LogP contribution in [0.3, 0.4) is 0 Å². The van der Waals surface area contributed by atoms with Crippen molar-refractivity contribution in [3.63, 3.8) is 0 Å². The Kier molecular flexibility index (Phi) is 5.68. The van der Waals surface area contributed by atoms with Gasteiger partial charge in [0.15, 0.2) is 6.61 Å². The molecule has 28 heavy (non-hydrogen) atoms. The largest absolute Gasteiger partial charge is 0.484 e. The third-order valence-electron chi connectivity index (χ3n) is 4.45. The molecule has 10 heteroatoms. The maximum atomic E-state index is 12.3. The smallest absolute Gasteiger partial charge is 0.273 e. The van der Waals surface area contributed by atoms with Crippen LogP contribution in [0.15, 0.2) is 48.5 Å². The molecular weight excluding hydrogens is 368 g/mol. The first-order chi connectivity index (χ1) is 13.4. The average molecular weight is 386 g/mol. The van der Waals surface area contributed by atoms with Crippen molar-refractivity contribution in [2.45, 2.75) is 0 Å². The molecule has 0 unspecified atom stereocenters. The third-order valence-corrected chi connectivity index (χ3v) is 4.45. The number of anilines is 1. The molecule has 0 atom stereocenters. The quantitative estimate of drug-likeness (QED) is 0.551. The van der Waals surface area contributed by atoms with Gasteiger partial charge in [0.25, 0.3) is 17.3 Å². The van der Waals surface area contributed by atoms with Gasteiger partial charge in [-0.2, -0.15) is 0 Å². The molecule has 10 nitrogen and oxygen atoms in total. The number of amides is 1. The second kappa shape index (κ2) is 8.33. The highest BCUT2D eigenvalue weighted by molar-refractivity contribution is 5.78. The first-order valence-corrected chi connectivity index (χ1v) is 8.58. The first-order valence-electron chi connectivity index (χ1n) is 8.58. The fourth-order valence-corrected chi connectivity index (χ4v) is 2.92. The van der Waals surface area contributed by atoms with Crippen molar-refractivity contribution in [3.05, 3.63) is 68.8 Å². The molecule has 0 radical (unpaired) electrons. The summed E-state index contributed by atoms with van der Waals surface area (Å²) in [5.41, 5.74) is 0.808. The molecule has 0 saturated carbocycles. The summed E-state index contributed by atoms with van der Waals surface area (Å²) in [7, 11) is 0. The van der Waals surface area contributed by atoms with E-state index in [0.717, 1.165) is 5.69 Å². The zero-order chi connectivity index (χ0) is 20.1. The Morgan fingerprint density at radius 2 is 1.57 bits per heavy atom. The van der Waals surface area contributed by atoms with Crippen LogP contribution in [0.25, 0.3) is 0 Å². The van der Waals surface area contributed by atoms with Crippen LogP contribution in [-0.4, -0.2) is 53.4 Å². The van der Waals surface area contributed by atoms with Gasteiger partial charge < -0.3 is 14.5 Å². The Labute approximate surface area is 160 Å². The minimum Gasteiger partial charge on any atom is -0.484 e. The van der Waals surface area contributed by atoms with Crippen molar-refractivity contribution in [1.29, 1.82) is 0 Å². The topological polar surface area (TPSA) is 119 Å². The SMILES string of the molecule is O=C(COc1cccc([N+](=O)[O-])c1)N1CCN(c2ccc([N+](=O)[O-])cc2)CC1. The van der Waals surface area contributed by atoms with Gasteiger partial charge in [0.05, 0.1) is 15.9 Å². The monoisotopic (exact) mass is 386 g/mol. The van der Waals surface area contributed by atoms with Crippen molar-refractivity contribution in [2.24, 2.45) is 0 Å². The van der Waals surface area contributed by atoms with E-state index in [1.807, 2.05) is 0 Å². The molecule has 0 aliphatic carbocycles. The van der Waals surface area contributed by atoms with Gasteiger partial charge in [-0.1, -0.05) is 6.07 Å². The lowest BCUT2D eigenvalue weighted by Gasteiger charge is -2.36. The van der Waals surface area contributed by atoms with Crippen molar-refractivity contribution >= 4 is 23.0 Å². The van der Waals surface area contributed by atoms with Crippen LogP contribution in [0, 0.1) is 20.2 Å². The van der Waals surface area contributed by atoms with E-state index in [-0.39, 0.29) is 29.6 Å². The maximum Gasteiger partial charge on any atom is 0.273 e. The molecule has 3 rings (SSSR count). The van der Waals surface area contributed by atoms with Crippen molar-refractivity contribution in [1.82, 2.24) is 4.90 Å². The van der Waals surface area contributed by atoms with Crippen LogP contribution < -0.4 is 9.64 Å². The molecule has 1 saturated heterocycles. The van der Waals surface area contributed by atoms with Gasteiger partial charge in [0.1, 0.15) is 5.75 Å². The summed E-state index contributed by atoms with van der Waals surface area (Å²) in [5, 5.41) is 21.5. The maximum absolute atomic E-state index is 12.3. The number of nitro groups is 2. The zero-order valence-electron chi connectivity index (χ0n) is 14.9. The number of carbonyl (C=O) groups excluding carboxylic acids is 1. The number of piperazine rings is 1. The van der Waals surface area contributed by atoms with E-state index in [1.165, 1.54) is 30.3 Å². The molecule has 0 spiro atoms. The lowest BCUT2D eigenvalue weighted by molar-refractivity contribution is -0.385. The molecule has 146 valence electrons. The van der Waals surface area contributed by atoms with Crippen molar-refractivity contribution in [3.8, 4) is 5.75 Å². The van der Waals surface area contributed by atoms with Crippen LogP contribution in [0.2, 0.25) is 0 Å². The number of hydrogen-bond donors (Lipinski definition) is 0. The van der Waals surface area contributed by atoms with Crippen LogP contribution in [0.1, 0.15) is 0 Å². The number of carbonyl (C=O) groups is 1. The van der Waals surface area contributed by atoms with Gasteiger partial charge in [-0.15, -0.1) is 0 Å². The summed E-state index contributed by atoms with van der Waals surface area (Å²) in [4.78, 5) is 36.6. The highest BCUT2D eigenvalue weighted by atomic mass is 16.6. The van der Waals surface area contributed by atoms with Crippen LogP contribution >= 0.6 is 0 Å². The average Bonchev–Trinajstić information content (AvgIpc) is 2.72. The van der Waals surface area contributed by atoms with Gasteiger partial charge >= 0.3 is 0 Å². The van der Waals surface area contributed by atoms with Crippen LogP contribution in [-0.2, 0) is 4.79 Å². The molecule has 1 fully saturated rings. The number of rotatable bonds is 6. The molecule has 1 aliphatic heterocycles. The molecule has 1 heterocycles. The number of hydrogen-bond acceptors (Lipinski definition) is 7. The normalized spacial score (nSPS) is 13.9. The Morgan fingerprint density at radius 1 is 0.929 bits per heavy atom. The van der Waals surface area contributed by atoms with Crippen molar-refractivity contribution in [2.75, 3.05) is 37.7 Å². The van der Waals surface area contributed by atoms with Gasteiger partial charge in [-0.3, -0.25) is 25.0 Å². The highest BCUT2D eigenvalue weighted by Gasteiger charge is 2.22. The van der Waals surface area contributed by atoms with E-state index < -0.39 is 9.85 Å². The second-order valence-corrected chi connectivity index (χ2v) is 6.18. The molecule has 0 N–H and O–H groups in total. The van der Waals surface area contributed by atoms with Gasteiger partial charge in [0, 0.05) is 50.1 Å². The van der Waals surface area contributed by atoms with Crippen molar-refractivity contribution < 1.29 is 19.4 Å². The molecule has 0 bridgehead atoms. The first kappa shape index (κ1) is 19.1. The van der Waals surface area contributed by atoms with E-state index in [1.54, 1.807) is 23.1 Å². The number of nitro benzene ring substituents is 2.